The van der Waals surface area contributed by atoms with Gasteiger partial charge in [0.25, 0.3) is 0 Å². The smallest absolute Gasteiger partial charge is 0.130 e. The summed E-state index contributed by atoms with van der Waals surface area (Å²) in [6.45, 7) is 4.00. The van der Waals surface area contributed by atoms with Crippen LogP contribution in [-0.2, 0) is 12.8 Å². The molecule has 2 rings (SSSR count). The number of benzene rings is 2. The van der Waals surface area contributed by atoms with Crippen molar-refractivity contribution in [2.45, 2.75) is 32.7 Å². The van der Waals surface area contributed by atoms with Gasteiger partial charge in [0.2, 0.25) is 0 Å². The summed E-state index contributed by atoms with van der Waals surface area (Å²) in [4.78, 5) is 0. The molecule has 0 saturated heterocycles. The van der Waals surface area contributed by atoms with Crippen LogP contribution in [0.4, 0.5) is 4.39 Å². The summed E-state index contributed by atoms with van der Waals surface area (Å²) >= 11 is 0. The lowest BCUT2D eigenvalue weighted by atomic mass is 10.1. The van der Waals surface area contributed by atoms with Gasteiger partial charge in [0, 0.05) is 6.04 Å². The van der Waals surface area contributed by atoms with Crippen molar-refractivity contribution in [3.63, 3.8) is 0 Å². The molecule has 1 unspecified atom stereocenters. The van der Waals surface area contributed by atoms with Gasteiger partial charge in [-0.25, -0.2) is 4.39 Å². The predicted molar refractivity (Wildman–Crippen MR) is 79.6 cm³/mol. The van der Waals surface area contributed by atoms with Crippen molar-refractivity contribution in [3.05, 3.63) is 59.4 Å². The third-order valence-electron chi connectivity index (χ3n) is 3.12. The molecular formula is C17H20FNO. The molecular weight excluding hydrogens is 253 g/mol. The first-order chi connectivity index (χ1) is 9.58. The van der Waals surface area contributed by atoms with Gasteiger partial charge in [0.1, 0.15) is 17.3 Å². The molecule has 3 heteroatoms. The van der Waals surface area contributed by atoms with Crippen molar-refractivity contribution in [3.8, 4) is 11.5 Å². The predicted octanol–water partition coefficient (Wildman–Crippen LogP) is 4.07. The van der Waals surface area contributed by atoms with Crippen LogP contribution in [-0.4, -0.2) is 6.04 Å². The van der Waals surface area contributed by atoms with E-state index < -0.39 is 0 Å². The molecule has 0 bridgehead atoms. The number of hydrogen-bond donors (Lipinski definition) is 1. The average molecular weight is 273 g/mol. The minimum absolute atomic E-state index is 0.0402. The number of hydrogen-bond acceptors (Lipinski definition) is 2. The van der Waals surface area contributed by atoms with Crippen LogP contribution in [0, 0.1) is 5.82 Å². The van der Waals surface area contributed by atoms with Crippen LogP contribution in [0.5, 0.6) is 11.5 Å². The Morgan fingerprint density at radius 3 is 2.45 bits per heavy atom. The van der Waals surface area contributed by atoms with Crippen LogP contribution >= 0.6 is 0 Å². The van der Waals surface area contributed by atoms with Crippen LogP contribution in [0.25, 0.3) is 0 Å². The molecule has 0 spiro atoms. The van der Waals surface area contributed by atoms with Gasteiger partial charge in [-0.3, -0.25) is 0 Å². The maximum atomic E-state index is 13.3. The number of rotatable bonds is 5. The number of halogens is 1. The Morgan fingerprint density at radius 1 is 1.15 bits per heavy atom. The van der Waals surface area contributed by atoms with E-state index in [1.807, 2.05) is 31.2 Å². The molecule has 2 nitrogen and oxygen atoms in total. The van der Waals surface area contributed by atoms with Crippen molar-refractivity contribution in [2.75, 3.05) is 0 Å². The van der Waals surface area contributed by atoms with E-state index in [9.17, 15) is 4.39 Å². The zero-order chi connectivity index (χ0) is 14.5. The third-order valence-corrected chi connectivity index (χ3v) is 3.12. The fourth-order valence-corrected chi connectivity index (χ4v) is 2.07. The molecule has 0 fully saturated rings. The highest BCUT2D eigenvalue weighted by Crippen LogP contribution is 2.27. The average Bonchev–Trinajstić information content (AvgIpc) is 2.42. The molecule has 0 aliphatic rings. The quantitative estimate of drug-likeness (QED) is 0.891. The lowest BCUT2D eigenvalue weighted by Gasteiger charge is -2.13. The summed E-state index contributed by atoms with van der Waals surface area (Å²) < 4.78 is 19.2. The number of aryl methyl sites for hydroxylation is 1. The SMILES string of the molecule is CCc1ccc(Oc2ccc(F)cc2CC(C)N)cc1. The van der Waals surface area contributed by atoms with E-state index in [-0.39, 0.29) is 11.9 Å². The number of nitrogens with two attached hydrogens (primary N) is 1. The van der Waals surface area contributed by atoms with Gasteiger partial charge in [-0.05, 0) is 61.2 Å². The Balaban J connectivity index is 2.22. The Labute approximate surface area is 119 Å². The monoisotopic (exact) mass is 273 g/mol. The largest absolute Gasteiger partial charge is 0.457 e. The Morgan fingerprint density at radius 2 is 1.85 bits per heavy atom. The van der Waals surface area contributed by atoms with Gasteiger partial charge in [-0.15, -0.1) is 0 Å². The second-order valence-electron chi connectivity index (χ2n) is 5.03. The molecule has 106 valence electrons. The summed E-state index contributed by atoms with van der Waals surface area (Å²) in [6.07, 6.45) is 1.58. The minimum atomic E-state index is -0.269. The molecule has 0 aromatic heterocycles. The topological polar surface area (TPSA) is 35.2 Å². The highest BCUT2D eigenvalue weighted by molar-refractivity contribution is 5.39. The third kappa shape index (κ3) is 3.81. The highest BCUT2D eigenvalue weighted by atomic mass is 19.1. The normalized spacial score (nSPS) is 12.2. The molecule has 0 radical (unpaired) electrons. The fourth-order valence-electron chi connectivity index (χ4n) is 2.07. The summed E-state index contributed by atoms with van der Waals surface area (Å²) in [5, 5.41) is 0. The first-order valence-electron chi connectivity index (χ1n) is 6.89. The lowest BCUT2D eigenvalue weighted by molar-refractivity contribution is 0.471. The van der Waals surface area contributed by atoms with Crippen LogP contribution in [0.3, 0.4) is 0 Å². The standard InChI is InChI=1S/C17H20FNO/c1-3-13-4-7-16(8-5-13)20-17-9-6-15(18)11-14(17)10-12(2)19/h4-9,11-12H,3,10,19H2,1-2H3. The van der Waals surface area contributed by atoms with Crippen LogP contribution in [0.1, 0.15) is 25.0 Å². The van der Waals surface area contributed by atoms with Crippen molar-refractivity contribution in [2.24, 2.45) is 5.73 Å². The van der Waals surface area contributed by atoms with Crippen LogP contribution < -0.4 is 10.5 Å². The second-order valence-corrected chi connectivity index (χ2v) is 5.03. The van der Waals surface area contributed by atoms with Crippen molar-refractivity contribution < 1.29 is 9.13 Å². The fraction of sp³-hybridized carbons (Fsp3) is 0.294. The molecule has 2 aromatic carbocycles. The summed E-state index contributed by atoms with van der Waals surface area (Å²) in [6, 6.07) is 12.4. The van der Waals surface area contributed by atoms with E-state index in [1.54, 1.807) is 6.07 Å². The summed E-state index contributed by atoms with van der Waals surface area (Å²) in [5.74, 6) is 1.14. The Bertz CT molecular complexity index is 564. The zero-order valence-electron chi connectivity index (χ0n) is 11.9. The van der Waals surface area contributed by atoms with Crippen molar-refractivity contribution >= 4 is 0 Å². The minimum Gasteiger partial charge on any atom is -0.457 e. The number of ether oxygens (including phenoxy) is 1. The summed E-state index contributed by atoms with van der Waals surface area (Å²) in [7, 11) is 0. The van der Waals surface area contributed by atoms with E-state index in [4.69, 9.17) is 10.5 Å². The van der Waals surface area contributed by atoms with E-state index >= 15 is 0 Å². The van der Waals surface area contributed by atoms with E-state index in [2.05, 4.69) is 6.92 Å². The van der Waals surface area contributed by atoms with E-state index in [1.165, 1.54) is 17.7 Å². The van der Waals surface area contributed by atoms with Gasteiger partial charge >= 0.3 is 0 Å². The van der Waals surface area contributed by atoms with Gasteiger partial charge in [0.05, 0.1) is 0 Å². The van der Waals surface area contributed by atoms with Crippen molar-refractivity contribution in [1.82, 2.24) is 0 Å². The molecule has 2 aromatic rings. The van der Waals surface area contributed by atoms with E-state index in [0.717, 1.165) is 17.7 Å². The molecule has 0 aliphatic heterocycles. The Kier molecular flexibility index (Phi) is 4.74. The lowest BCUT2D eigenvalue weighted by Crippen LogP contribution is -2.18. The first-order valence-corrected chi connectivity index (χ1v) is 6.89. The summed E-state index contributed by atoms with van der Waals surface area (Å²) in [5.41, 5.74) is 7.84. The molecule has 0 heterocycles. The molecule has 0 saturated carbocycles. The highest BCUT2D eigenvalue weighted by Gasteiger charge is 2.09. The zero-order valence-corrected chi connectivity index (χ0v) is 11.9. The van der Waals surface area contributed by atoms with Crippen LogP contribution in [0.15, 0.2) is 42.5 Å². The first kappa shape index (κ1) is 14.5. The van der Waals surface area contributed by atoms with Gasteiger partial charge < -0.3 is 10.5 Å². The molecule has 2 N–H and O–H groups in total. The van der Waals surface area contributed by atoms with Gasteiger partial charge in [0.15, 0.2) is 0 Å². The Hall–Kier alpha value is -1.87. The van der Waals surface area contributed by atoms with E-state index in [0.29, 0.717) is 12.2 Å². The van der Waals surface area contributed by atoms with Crippen LogP contribution in [0.2, 0.25) is 0 Å². The molecule has 20 heavy (non-hydrogen) atoms. The van der Waals surface area contributed by atoms with Crippen molar-refractivity contribution in [1.29, 1.82) is 0 Å². The molecule has 1 atom stereocenters. The maximum Gasteiger partial charge on any atom is 0.130 e. The van der Waals surface area contributed by atoms with Gasteiger partial charge in [-0.2, -0.15) is 0 Å². The second kappa shape index (κ2) is 6.53. The molecule has 0 amide bonds. The van der Waals surface area contributed by atoms with Gasteiger partial charge in [-0.1, -0.05) is 19.1 Å². The molecule has 0 aliphatic carbocycles. The maximum absolute atomic E-state index is 13.3.